The number of benzene rings is 3. The molecular weight excluding hydrogens is 550 g/mol. The minimum absolute atomic E-state index is 0.0170. The van der Waals surface area contributed by atoms with Gasteiger partial charge in [0.25, 0.3) is 0 Å². The SMILES string of the molecule is CCN(CC)S(=O)(=O)c1cccc(-c2nnc(SCC(=O)Nc3ccccc3C(=O)OC)n2-c2ccccc2)c1. The van der Waals surface area contributed by atoms with Crippen molar-refractivity contribution >= 4 is 39.3 Å². The molecule has 0 unspecified atom stereocenters. The van der Waals surface area contributed by atoms with Crippen LogP contribution in [0.1, 0.15) is 24.2 Å². The van der Waals surface area contributed by atoms with Crippen molar-refractivity contribution in [1.82, 2.24) is 19.1 Å². The number of anilines is 1. The van der Waals surface area contributed by atoms with Gasteiger partial charge in [0, 0.05) is 24.3 Å². The van der Waals surface area contributed by atoms with Crippen LogP contribution in [-0.4, -0.2) is 65.3 Å². The molecule has 0 spiro atoms. The number of nitrogens with zero attached hydrogens (tertiary/aromatic N) is 4. The third-order valence-electron chi connectivity index (χ3n) is 6.02. The van der Waals surface area contributed by atoms with E-state index in [0.29, 0.717) is 35.3 Å². The normalized spacial score (nSPS) is 11.4. The standard InChI is InChI=1S/C28H29N5O5S2/c1-4-32(5-2)40(36,37)22-15-11-12-20(18-22)26-30-31-28(33(26)21-13-7-6-8-14-21)39-19-25(34)29-24-17-10-9-16-23(24)27(35)38-3/h6-18H,4-5,19H2,1-3H3,(H,29,34). The first-order chi connectivity index (χ1) is 19.3. The lowest BCUT2D eigenvalue weighted by atomic mass is 10.2. The Morgan fingerprint density at radius 1 is 0.950 bits per heavy atom. The highest BCUT2D eigenvalue weighted by molar-refractivity contribution is 7.99. The number of aromatic nitrogens is 3. The van der Waals surface area contributed by atoms with E-state index in [1.54, 1.807) is 66.9 Å². The first-order valence-corrected chi connectivity index (χ1v) is 14.9. The number of carbonyl (C=O) groups excluding carboxylic acids is 2. The van der Waals surface area contributed by atoms with Gasteiger partial charge in [-0.3, -0.25) is 9.36 Å². The maximum atomic E-state index is 13.2. The van der Waals surface area contributed by atoms with Crippen molar-refractivity contribution in [2.24, 2.45) is 0 Å². The molecule has 1 heterocycles. The van der Waals surface area contributed by atoms with Gasteiger partial charge in [-0.05, 0) is 36.4 Å². The Balaban J connectivity index is 1.65. The van der Waals surface area contributed by atoms with Crippen molar-refractivity contribution < 1.29 is 22.7 Å². The fraction of sp³-hybridized carbons (Fsp3) is 0.214. The summed E-state index contributed by atoms with van der Waals surface area (Å²) in [5.41, 5.74) is 1.90. The molecule has 40 heavy (non-hydrogen) atoms. The third kappa shape index (κ3) is 6.24. The second kappa shape index (κ2) is 12.9. The average Bonchev–Trinajstić information content (AvgIpc) is 3.41. The van der Waals surface area contributed by atoms with Gasteiger partial charge in [-0.25, -0.2) is 13.2 Å². The monoisotopic (exact) mass is 579 g/mol. The van der Waals surface area contributed by atoms with Crippen molar-refractivity contribution in [1.29, 1.82) is 0 Å². The second-order valence-electron chi connectivity index (χ2n) is 8.47. The molecule has 12 heteroatoms. The molecule has 4 rings (SSSR count). The number of rotatable bonds is 11. The Morgan fingerprint density at radius 2 is 1.65 bits per heavy atom. The fourth-order valence-corrected chi connectivity index (χ4v) is 6.32. The summed E-state index contributed by atoms with van der Waals surface area (Å²) in [4.78, 5) is 25.0. The molecule has 0 atom stereocenters. The van der Waals surface area contributed by atoms with Gasteiger partial charge in [0.05, 0.1) is 29.0 Å². The van der Waals surface area contributed by atoms with Gasteiger partial charge < -0.3 is 10.1 Å². The lowest BCUT2D eigenvalue weighted by Crippen LogP contribution is -2.30. The smallest absolute Gasteiger partial charge is 0.339 e. The number of hydrogen-bond acceptors (Lipinski definition) is 8. The second-order valence-corrected chi connectivity index (χ2v) is 11.3. The van der Waals surface area contributed by atoms with Crippen LogP contribution in [0, 0.1) is 0 Å². The zero-order valence-corrected chi connectivity index (χ0v) is 23.9. The number of hydrogen-bond donors (Lipinski definition) is 1. The molecule has 1 aromatic heterocycles. The molecule has 10 nitrogen and oxygen atoms in total. The molecule has 0 bridgehead atoms. The van der Waals surface area contributed by atoms with E-state index in [1.165, 1.54) is 11.4 Å². The van der Waals surface area contributed by atoms with Crippen LogP contribution in [0.15, 0.2) is 88.9 Å². The molecule has 0 fully saturated rings. The van der Waals surface area contributed by atoms with Gasteiger partial charge in [-0.2, -0.15) is 4.31 Å². The van der Waals surface area contributed by atoms with Crippen LogP contribution >= 0.6 is 11.8 Å². The van der Waals surface area contributed by atoms with E-state index < -0.39 is 16.0 Å². The first kappa shape index (κ1) is 29.0. The van der Waals surface area contributed by atoms with E-state index in [4.69, 9.17) is 4.74 Å². The number of para-hydroxylation sites is 2. The summed E-state index contributed by atoms with van der Waals surface area (Å²) < 4.78 is 34.3. The number of methoxy groups -OCH3 is 1. The maximum absolute atomic E-state index is 13.2. The lowest BCUT2D eigenvalue weighted by Gasteiger charge is -2.19. The molecule has 0 aliphatic heterocycles. The maximum Gasteiger partial charge on any atom is 0.339 e. The number of thioether (sulfide) groups is 1. The zero-order valence-electron chi connectivity index (χ0n) is 22.3. The summed E-state index contributed by atoms with van der Waals surface area (Å²) in [5.74, 6) is -0.488. The van der Waals surface area contributed by atoms with E-state index in [9.17, 15) is 18.0 Å². The van der Waals surface area contributed by atoms with E-state index in [1.807, 2.05) is 30.3 Å². The summed E-state index contributed by atoms with van der Waals surface area (Å²) in [6, 6.07) is 22.5. The minimum atomic E-state index is -3.68. The van der Waals surface area contributed by atoms with E-state index >= 15 is 0 Å². The van der Waals surface area contributed by atoms with Crippen LogP contribution in [0.3, 0.4) is 0 Å². The van der Waals surface area contributed by atoms with Crippen molar-refractivity contribution in [3.8, 4) is 17.1 Å². The Kier molecular flexibility index (Phi) is 9.35. The van der Waals surface area contributed by atoms with Crippen molar-refractivity contribution in [3.63, 3.8) is 0 Å². The summed E-state index contributed by atoms with van der Waals surface area (Å²) in [6.45, 7) is 4.31. The Labute approximate surface area is 237 Å². The molecule has 1 amide bonds. The van der Waals surface area contributed by atoms with Gasteiger partial charge in [0.15, 0.2) is 11.0 Å². The quantitative estimate of drug-likeness (QED) is 0.204. The zero-order chi connectivity index (χ0) is 28.7. The largest absolute Gasteiger partial charge is 0.465 e. The topological polar surface area (TPSA) is 123 Å². The Hall–Kier alpha value is -4.00. The molecule has 3 aromatic carbocycles. The van der Waals surface area contributed by atoms with Gasteiger partial charge in [-0.1, -0.05) is 68.1 Å². The molecular formula is C28H29N5O5S2. The van der Waals surface area contributed by atoms with Crippen molar-refractivity contribution in [3.05, 3.63) is 84.4 Å². The molecule has 0 saturated heterocycles. The number of amides is 1. The minimum Gasteiger partial charge on any atom is -0.465 e. The van der Waals surface area contributed by atoms with Crippen LogP contribution < -0.4 is 5.32 Å². The molecule has 0 aliphatic carbocycles. The van der Waals surface area contributed by atoms with Gasteiger partial charge in [-0.15, -0.1) is 10.2 Å². The predicted octanol–water partition coefficient (Wildman–Crippen LogP) is 4.48. The lowest BCUT2D eigenvalue weighted by molar-refractivity contribution is -0.113. The highest BCUT2D eigenvalue weighted by Gasteiger charge is 2.24. The van der Waals surface area contributed by atoms with Crippen LogP contribution in [0.25, 0.3) is 17.1 Å². The molecule has 0 radical (unpaired) electrons. The van der Waals surface area contributed by atoms with Crippen LogP contribution in [0.2, 0.25) is 0 Å². The number of esters is 1. The molecule has 0 saturated carbocycles. The molecule has 1 N–H and O–H groups in total. The highest BCUT2D eigenvalue weighted by atomic mass is 32.2. The van der Waals surface area contributed by atoms with Gasteiger partial charge >= 0.3 is 5.97 Å². The third-order valence-corrected chi connectivity index (χ3v) is 9.00. The van der Waals surface area contributed by atoms with Crippen molar-refractivity contribution in [2.75, 3.05) is 31.3 Å². The Morgan fingerprint density at radius 3 is 2.35 bits per heavy atom. The first-order valence-electron chi connectivity index (χ1n) is 12.5. The molecule has 208 valence electrons. The van der Waals surface area contributed by atoms with Gasteiger partial charge in [0.1, 0.15) is 0 Å². The average molecular weight is 580 g/mol. The van der Waals surface area contributed by atoms with Crippen LogP contribution in [0.4, 0.5) is 5.69 Å². The van der Waals surface area contributed by atoms with E-state index in [-0.39, 0.29) is 22.1 Å². The van der Waals surface area contributed by atoms with E-state index in [2.05, 4.69) is 15.5 Å². The Bertz CT molecular complexity index is 1600. The van der Waals surface area contributed by atoms with Crippen molar-refractivity contribution in [2.45, 2.75) is 23.9 Å². The molecule has 4 aromatic rings. The number of nitrogens with one attached hydrogen (secondary N) is 1. The summed E-state index contributed by atoms with van der Waals surface area (Å²) >= 11 is 1.16. The summed E-state index contributed by atoms with van der Waals surface area (Å²) in [5, 5.41) is 11.9. The fourth-order valence-electron chi connectivity index (χ4n) is 4.06. The number of ether oxygens (including phenoxy) is 1. The van der Waals surface area contributed by atoms with Crippen LogP contribution in [0.5, 0.6) is 0 Å². The van der Waals surface area contributed by atoms with Gasteiger partial charge in [0.2, 0.25) is 15.9 Å². The van der Waals surface area contributed by atoms with E-state index in [0.717, 1.165) is 17.4 Å². The predicted molar refractivity (Wildman–Crippen MR) is 154 cm³/mol. The molecule has 0 aliphatic rings. The highest BCUT2D eigenvalue weighted by Crippen LogP contribution is 2.30. The number of sulfonamides is 1. The summed E-state index contributed by atoms with van der Waals surface area (Å²) in [6.07, 6.45) is 0. The number of carbonyl (C=O) groups is 2. The van der Waals surface area contributed by atoms with Crippen LogP contribution in [-0.2, 0) is 19.6 Å². The summed E-state index contributed by atoms with van der Waals surface area (Å²) in [7, 11) is -2.40.